The minimum Gasteiger partial charge on any atom is -0.396 e. The molecule has 1 aromatic rings. The molecule has 2 N–H and O–H groups in total. The fourth-order valence-electron chi connectivity index (χ4n) is 1.18. The first-order valence-corrected chi connectivity index (χ1v) is 6.99. The maximum atomic E-state index is 13.4. The van der Waals surface area contributed by atoms with Crippen LogP contribution in [0.4, 0.5) is 10.1 Å². The Morgan fingerprint density at radius 3 is 2.94 bits per heavy atom. The molecule has 0 aliphatic rings. The van der Waals surface area contributed by atoms with Crippen LogP contribution in [0.15, 0.2) is 18.2 Å². The minimum atomic E-state index is -0.551. The number of nitrogens with one attached hydrogen (secondary N) is 1. The van der Waals surface area contributed by atoms with Crippen LogP contribution in [0.2, 0.25) is 5.02 Å². The predicted molar refractivity (Wildman–Crippen MR) is 73.6 cm³/mol. The number of thioether (sulfide) groups is 1. The van der Waals surface area contributed by atoms with Crippen LogP contribution in [0.25, 0.3) is 0 Å². The van der Waals surface area contributed by atoms with Gasteiger partial charge < -0.3 is 10.4 Å². The van der Waals surface area contributed by atoms with Gasteiger partial charge in [0, 0.05) is 11.6 Å². The van der Waals surface area contributed by atoms with Gasteiger partial charge in [0.25, 0.3) is 0 Å². The van der Waals surface area contributed by atoms with Crippen LogP contribution in [0.5, 0.6) is 0 Å². The van der Waals surface area contributed by atoms with Crippen molar-refractivity contribution in [2.45, 2.75) is 6.92 Å². The van der Waals surface area contributed by atoms with Crippen LogP contribution >= 0.6 is 23.4 Å². The smallest absolute Gasteiger partial charge is 0.234 e. The molecule has 0 bridgehead atoms. The predicted octanol–water partition coefficient (Wildman–Crippen LogP) is 2.78. The van der Waals surface area contributed by atoms with Gasteiger partial charge in [-0.15, -0.1) is 0 Å². The summed E-state index contributed by atoms with van der Waals surface area (Å²) in [7, 11) is 0. The van der Waals surface area contributed by atoms with Crippen molar-refractivity contribution in [3.05, 3.63) is 29.0 Å². The molecule has 3 nitrogen and oxygen atoms in total. The van der Waals surface area contributed by atoms with Crippen molar-refractivity contribution in [2.24, 2.45) is 5.92 Å². The number of carbonyl (C=O) groups is 1. The summed E-state index contributed by atoms with van der Waals surface area (Å²) < 4.78 is 13.4. The molecule has 0 aliphatic heterocycles. The maximum absolute atomic E-state index is 13.4. The number of hydrogen-bond acceptors (Lipinski definition) is 3. The van der Waals surface area contributed by atoms with E-state index in [2.05, 4.69) is 5.32 Å². The second-order valence-corrected chi connectivity index (χ2v) is 5.44. The number of rotatable bonds is 6. The topological polar surface area (TPSA) is 49.3 Å². The lowest BCUT2D eigenvalue weighted by atomic mass is 10.2. The van der Waals surface area contributed by atoms with Gasteiger partial charge in [-0.05, 0) is 29.9 Å². The van der Waals surface area contributed by atoms with E-state index in [1.807, 2.05) is 6.92 Å². The van der Waals surface area contributed by atoms with Crippen molar-refractivity contribution in [3.63, 3.8) is 0 Å². The Hall–Kier alpha value is -0.780. The van der Waals surface area contributed by atoms with Crippen LogP contribution in [0, 0.1) is 11.7 Å². The molecule has 1 aromatic carbocycles. The number of benzene rings is 1. The van der Waals surface area contributed by atoms with Crippen molar-refractivity contribution in [1.82, 2.24) is 0 Å². The van der Waals surface area contributed by atoms with Crippen molar-refractivity contribution in [2.75, 3.05) is 23.4 Å². The number of amides is 1. The molecule has 1 amide bonds. The van der Waals surface area contributed by atoms with Gasteiger partial charge in [0.2, 0.25) is 5.91 Å². The molecular formula is C12H15ClFNO2S. The fraction of sp³-hybridized carbons (Fsp3) is 0.417. The molecule has 1 unspecified atom stereocenters. The third-order valence-corrected chi connectivity index (χ3v) is 3.66. The molecule has 18 heavy (non-hydrogen) atoms. The fourth-order valence-corrected chi connectivity index (χ4v) is 2.22. The Bertz CT molecular complexity index is 417. The SMILES string of the molecule is CC(CO)CSCC(=O)Nc1ccc(Cl)cc1F. The highest BCUT2D eigenvalue weighted by molar-refractivity contribution is 7.99. The summed E-state index contributed by atoms with van der Waals surface area (Å²) >= 11 is 7.01. The highest BCUT2D eigenvalue weighted by atomic mass is 35.5. The van der Waals surface area contributed by atoms with E-state index >= 15 is 0 Å². The van der Waals surface area contributed by atoms with Crippen molar-refractivity contribution < 1.29 is 14.3 Å². The van der Waals surface area contributed by atoms with Gasteiger partial charge in [-0.1, -0.05) is 18.5 Å². The van der Waals surface area contributed by atoms with Crippen LogP contribution in [0.3, 0.4) is 0 Å². The Kier molecular flexibility index (Phi) is 6.46. The maximum Gasteiger partial charge on any atom is 0.234 e. The molecule has 0 heterocycles. The van der Waals surface area contributed by atoms with E-state index in [9.17, 15) is 9.18 Å². The molecule has 0 saturated heterocycles. The molecule has 0 aromatic heterocycles. The van der Waals surface area contributed by atoms with E-state index in [4.69, 9.17) is 16.7 Å². The molecule has 0 spiro atoms. The van der Waals surface area contributed by atoms with E-state index in [1.165, 1.54) is 23.9 Å². The lowest BCUT2D eigenvalue weighted by Gasteiger charge is -2.08. The Morgan fingerprint density at radius 2 is 2.33 bits per heavy atom. The second-order valence-electron chi connectivity index (χ2n) is 3.98. The summed E-state index contributed by atoms with van der Waals surface area (Å²) in [5, 5.41) is 11.6. The van der Waals surface area contributed by atoms with Gasteiger partial charge >= 0.3 is 0 Å². The van der Waals surface area contributed by atoms with E-state index in [0.29, 0.717) is 5.75 Å². The molecular weight excluding hydrogens is 277 g/mol. The van der Waals surface area contributed by atoms with E-state index in [-0.39, 0.29) is 34.9 Å². The molecule has 1 rings (SSSR count). The lowest BCUT2D eigenvalue weighted by molar-refractivity contribution is -0.113. The average Bonchev–Trinajstić information content (AvgIpc) is 2.32. The van der Waals surface area contributed by atoms with Crippen LogP contribution in [0.1, 0.15) is 6.92 Å². The number of hydrogen-bond donors (Lipinski definition) is 2. The zero-order valence-corrected chi connectivity index (χ0v) is 11.5. The third-order valence-electron chi connectivity index (χ3n) is 2.15. The Morgan fingerprint density at radius 1 is 1.61 bits per heavy atom. The highest BCUT2D eigenvalue weighted by Gasteiger charge is 2.08. The third kappa shape index (κ3) is 5.25. The molecule has 0 radical (unpaired) electrons. The molecule has 0 fully saturated rings. The van der Waals surface area contributed by atoms with Gasteiger partial charge in [0.15, 0.2) is 0 Å². The highest BCUT2D eigenvalue weighted by Crippen LogP contribution is 2.19. The zero-order chi connectivity index (χ0) is 13.5. The van der Waals surface area contributed by atoms with Gasteiger partial charge in [0.05, 0.1) is 11.4 Å². The first kappa shape index (κ1) is 15.3. The Labute approximate surface area is 115 Å². The standard InChI is InChI=1S/C12H15ClFNO2S/c1-8(5-16)6-18-7-12(17)15-11-3-2-9(13)4-10(11)14/h2-4,8,16H,5-7H2,1H3,(H,15,17). The monoisotopic (exact) mass is 291 g/mol. The molecule has 100 valence electrons. The summed E-state index contributed by atoms with van der Waals surface area (Å²) in [5.41, 5.74) is 0.125. The first-order valence-electron chi connectivity index (χ1n) is 5.46. The molecule has 1 atom stereocenters. The Balaban J connectivity index is 2.40. The summed E-state index contributed by atoms with van der Waals surface area (Å²) in [6, 6.07) is 4.09. The quantitative estimate of drug-likeness (QED) is 0.847. The summed E-state index contributed by atoms with van der Waals surface area (Å²) in [6.07, 6.45) is 0. The largest absolute Gasteiger partial charge is 0.396 e. The summed E-state index contributed by atoms with van der Waals surface area (Å²) in [6.45, 7) is 1.99. The summed E-state index contributed by atoms with van der Waals surface area (Å²) in [4.78, 5) is 11.5. The first-order chi connectivity index (χ1) is 8.52. The summed E-state index contributed by atoms with van der Waals surface area (Å²) in [5.74, 6) is 0.241. The number of anilines is 1. The van der Waals surface area contributed by atoms with Crippen LogP contribution in [-0.2, 0) is 4.79 Å². The van der Waals surface area contributed by atoms with Crippen LogP contribution < -0.4 is 5.32 Å². The molecule has 6 heteroatoms. The van der Waals surface area contributed by atoms with E-state index in [0.717, 1.165) is 6.07 Å². The number of aliphatic hydroxyl groups excluding tert-OH is 1. The normalized spacial score (nSPS) is 12.2. The second kappa shape index (κ2) is 7.61. The lowest BCUT2D eigenvalue weighted by Crippen LogP contribution is -2.16. The number of halogens is 2. The van der Waals surface area contributed by atoms with E-state index in [1.54, 1.807) is 0 Å². The van der Waals surface area contributed by atoms with Gasteiger partial charge in [-0.25, -0.2) is 4.39 Å². The van der Waals surface area contributed by atoms with Crippen molar-refractivity contribution >= 4 is 35.0 Å². The van der Waals surface area contributed by atoms with E-state index < -0.39 is 5.82 Å². The van der Waals surface area contributed by atoms with Crippen molar-refractivity contribution in [1.29, 1.82) is 0 Å². The molecule has 0 saturated carbocycles. The van der Waals surface area contributed by atoms with Crippen LogP contribution in [-0.4, -0.2) is 29.1 Å². The number of carbonyl (C=O) groups excluding carboxylic acids is 1. The molecule has 0 aliphatic carbocycles. The van der Waals surface area contributed by atoms with Gasteiger partial charge in [0.1, 0.15) is 5.82 Å². The number of aliphatic hydroxyl groups is 1. The minimum absolute atomic E-state index is 0.0977. The average molecular weight is 292 g/mol. The van der Waals surface area contributed by atoms with Gasteiger partial charge in [-0.3, -0.25) is 4.79 Å². The van der Waals surface area contributed by atoms with Gasteiger partial charge in [-0.2, -0.15) is 11.8 Å². The van der Waals surface area contributed by atoms with Crippen molar-refractivity contribution in [3.8, 4) is 0 Å². The zero-order valence-electron chi connectivity index (χ0n) is 9.95.